The Morgan fingerprint density at radius 3 is 2.74 bits per heavy atom. The van der Waals surface area contributed by atoms with Crippen LogP contribution in [-0.4, -0.2) is 21.0 Å². The molecule has 2 N–H and O–H groups in total. The summed E-state index contributed by atoms with van der Waals surface area (Å²) < 4.78 is 0. The number of aromatic carboxylic acids is 1. The molecule has 0 saturated heterocycles. The summed E-state index contributed by atoms with van der Waals surface area (Å²) in [6.07, 6.45) is 4.09. The lowest BCUT2D eigenvalue weighted by Gasteiger charge is -2.10. The van der Waals surface area contributed by atoms with E-state index in [9.17, 15) is 4.79 Å². The Morgan fingerprint density at radius 2 is 2.00 bits per heavy atom. The van der Waals surface area contributed by atoms with E-state index in [0.29, 0.717) is 12.2 Å². The minimum atomic E-state index is -1.04. The van der Waals surface area contributed by atoms with Gasteiger partial charge in [0, 0.05) is 12.4 Å². The Kier molecular flexibility index (Phi) is 4.07. The van der Waals surface area contributed by atoms with Crippen LogP contribution in [-0.2, 0) is 13.0 Å². The number of nitrogens with one attached hydrogen (secondary N) is 1. The summed E-state index contributed by atoms with van der Waals surface area (Å²) in [6, 6.07) is 7.32. The normalized spacial score (nSPS) is 10.2. The zero-order chi connectivity index (χ0) is 13.7. The highest BCUT2D eigenvalue weighted by atomic mass is 16.4. The maximum absolute atomic E-state index is 11.0. The van der Waals surface area contributed by atoms with Gasteiger partial charge in [0.2, 0.25) is 0 Å². The molecule has 2 aromatic rings. The molecule has 0 bridgehead atoms. The average Bonchev–Trinajstić information content (AvgIpc) is 2.45. The minimum Gasteiger partial charge on any atom is -0.476 e. The minimum absolute atomic E-state index is 0.0245. The van der Waals surface area contributed by atoms with Crippen molar-refractivity contribution in [2.24, 2.45) is 0 Å². The molecule has 5 heteroatoms. The van der Waals surface area contributed by atoms with Crippen LogP contribution in [0.25, 0.3) is 0 Å². The predicted molar refractivity (Wildman–Crippen MR) is 72.1 cm³/mol. The van der Waals surface area contributed by atoms with Gasteiger partial charge in [0.15, 0.2) is 5.69 Å². The van der Waals surface area contributed by atoms with Crippen molar-refractivity contribution in [3.05, 3.63) is 53.6 Å². The molecule has 2 rings (SSSR count). The van der Waals surface area contributed by atoms with Crippen LogP contribution < -0.4 is 5.32 Å². The van der Waals surface area contributed by atoms with Crippen LogP contribution in [0.2, 0.25) is 0 Å². The number of rotatable bonds is 5. The number of hydrogen-bond donors (Lipinski definition) is 2. The van der Waals surface area contributed by atoms with Crippen molar-refractivity contribution >= 4 is 11.7 Å². The largest absolute Gasteiger partial charge is 0.476 e. The first-order valence-electron chi connectivity index (χ1n) is 6.07. The second-order valence-electron chi connectivity index (χ2n) is 4.02. The lowest BCUT2D eigenvalue weighted by molar-refractivity contribution is 0.0691. The van der Waals surface area contributed by atoms with E-state index in [0.717, 1.165) is 17.7 Å². The third kappa shape index (κ3) is 3.07. The average molecular weight is 257 g/mol. The van der Waals surface area contributed by atoms with Crippen molar-refractivity contribution in [1.82, 2.24) is 9.97 Å². The first-order valence-corrected chi connectivity index (χ1v) is 6.07. The zero-order valence-electron chi connectivity index (χ0n) is 10.6. The Hall–Kier alpha value is -2.43. The van der Waals surface area contributed by atoms with E-state index in [1.165, 1.54) is 6.20 Å². The van der Waals surface area contributed by atoms with E-state index in [1.807, 2.05) is 12.1 Å². The molecule has 0 aliphatic carbocycles. The summed E-state index contributed by atoms with van der Waals surface area (Å²) in [6.45, 7) is 2.54. The van der Waals surface area contributed by atoms with Gasteiger partial charge in [0.1, 0.15) is 0 Å². The van der Waals surface area contributed by atoms with Crippen molar-refractivity contribution in [3.8, 4) is 0 Å². The molecule has 2 aromatic heterocycles. The molecule has 0 atom stereocenters. The second-order valence-corrected chi connectivity index (χ2v) is 4.02. The monoisotopic (exact) mass is 257 g/mol. The molecule has 5 nitrogen and oxygen atoms in total. The molecule has 0 aliphatic rings. The van der Waals surface area contributed by atoms with Crippen molar-refractivity contribution < 1.29 is 9.90 Å². The summed E-state index contributed by atoms with van der Waals surface area (Å²) in [5.74, 6) is -1.04. The first-order chi connectivity index (χ1) is 9.22. The maximum atomic E-state index is 11.0. The van der Waals surface area contributed by atoms with Gasteiger partial charge in [-0.2, -0.15) is 0 Å². The van der Waals surface area contributed by atoms with Gasteiger partial charge < -0.3 is 10.4 Å². The number of aromatic nitrogens is 2. The number of nitrogens with zero attached hydrogens (tertiary/aromatic N) is 2. The van der Waals surface area contributed by atoms with Crippen LogP contribution >= 0.6 is 0 Å². The summed E-state index contributed by atoms with van der Waals surface area (Å²) >= 11 is 0. The Morgan fingerprint density at radius 1 is 1.26 bits per heavy atom. The number of hydrogen-bond acceptors (Lipinski definition) is 4. The smallest absolute Gasteiger partial charge is 0.356 e. The Balaban J connectivity index is 2.17. The highest BCUT2D eigenvalue weighted by molar-refractivity contribution is 5.91. The molecule has 19 heavy (non-hydrogen) atoms. The third-order valence-electron chi connectivity index (χ3n) is 2.82. The zero-order valence-corrected chi connectivity index (χ0v) is 10.6. The van der Waals surface area contributed by atoms with Crippen LogP contribution in [0.1, 0.15) is 28.7 Å². The topological polar surface area (TPSA) is 75.1 Å². The van der Waals surface area contributed by atoms with Gasteiger partial charge in [-0.3, -0.25) is 4.98 Å². The van der Waals surface area contributed by atoms with Crippen LogP contribution in [0, 0.1) is 0 Å². The molecule has 2 heterocycles. The quantitative estimate of drug-likeness (QED) is 0.860. The summed E-state index contributed by atoms with van der Waals surface area (Å²) in [5, 5.41) is 12.1. The van der Waals surface area contributed by atoms with Crippen molar-refractivity contribution in [3.63, 3.8) is 0 Å². The molecule has 0 fully saturated rings. The predicted octanol–water partition coefficient (Wildman–Crippen LogP) is 2.35. The number of carboxylic acid groups (broad SMARTS) is 1. The van der Waals surface area contributed by atoms with Gasteiger partial charge in [-0.25, -0.2) is 9.78 Å². The number of aryl methyl sites for hydroxylation is 1. The molecule has 0 saturated carbocycles. The number of anilines is 1. The van der Waals surface area contributed by atoms with Crippen molar-refractivity contribution in [1.29, 1.82) is 0 Å². The fraction of sp³-hybridized carbons (Fsp3) is 0.214. The van der Waals surface area contributed by atoms with Crippen LogP contribution in [0.4, 0.5) is 5.69 Å². The van der Waals surface area contributed by atoms with Gasteiger partial charge in [-0.15, -0.1) is 0 Å². The maximum Gasteiger partial charge on any atom is 0.356 e. The van der Waals surface area contributed by atoms with E-state index in [1.54, 1.807) is 18.3 Å². The van der Waals surface area contributed by atoms with Crippen molar-refractivity contribution in [2.45, 2.75) is 19.9 Å². The molecular formula is C14H15N3O2. The highest BCUT2D eigenvalue weighted by Gasteiger charge is 2.11. The fourth-order valence-electron chi connectivity index (χ4n) is 1.85. The summed E-state index contributed by atoms with van der Waals surface area (Å²) in [5.41, 5.74) is 2.60. The van der Waals surface area contributed by atoms with E-state index in [2.05, 4.69) is 22.2 Å². The van der Waals surface area contributed by atoms with Crippen molar-refractivity contribution in [2.75, 3.05) is 5.32 Å². The molecular weight excluding hydrogens is 242 g/mol. The standard InChI is InChI=1S/C14H15N3O2/c1-2-10-5-3-7-15-12(10)9-17-11-6-4-8-16-13(11)14(18)19/h3-8,17H,2,9H2,1H3,(H,18,19). The van der Waals surface area contributed by atoms with Gasteiger partial charge in [-0.1, -0.05) is 13.0 Å². The van der Waals surface area contributed by atoms with Gasteiger partial charge in [0.05, 0.1) is 17.9 Å². The third-order valence-corrected chi connectivity index (χ3v) is 2.82. The first kappa shape index (κ1) is 13.0. The Bertz CT molecular complexity index is 584. The molecule has 0 radical (unpaired) electrons. The van der Waals surface area contributed by atoms with Gasteiger partial charge >= 0.3 is 5.97 Å². The molecule has 0 spiro atoms. The number of pyridine rings is 2. The highest BCUT2D eigenvalue weighted by Crippen LogP contribution is 2.14. The lowest BCUT2D eigenvalue weighted by Crippen LogP contribution is -2.10. The fourth-order valence-corrected chi connectivity index (χ4v) is 1.85. The molecule has 98 valence electrons. The Labute approximate surface area is 111 Å². The lowest BCUT2D eigenvalue weighted by atomic mass is 10.1. The van der Waals surface area contributed by atoms with Gasteiger partial charge in [-0.05, 0) is 30.2 Å². The molecule has 0 aromatic carbocycles. The number of carboxylic acids is 1. The summed E-state index contributed by atoms with van der Waals surface area (Å²) in [4.78, 5) is 19.2. The van der Waals surface area contributed by atoms with Crippen LogP contribution in [0.3, 0.4) is 0 Å². The SMILES string of the molecule is CCc1cccnc1CNc1cccnc1C(=O)O. The number of carbonyl (C=O) groups is 1. The molecule has 0 unspecified atom stereocenters. The second kappa shape index (κ2) is 5.95. The van der Waals surface area contributed by atoms with E-state index >= 15 is 0 Å². The van der Waals surface area contributed by atoms with E-state index in [-0.39, 0.29) is 5.69 Å². The van der Waals surface area contributed by atoms with Crippen LogP contribution in [0.15, 0.2) is 36.7 Å². The molecule has 0 aliphatic heterocycles. The summed E-state index contributed by atoms with van der Waals surface area (Å²) in [7, 11) is 0. The van der Waals surface area contributed by atoms with Gasteiger partial charge in [0.25, 0.3) is 0 Å². The molecule has 0 amide bonds. The van der Waals surface area contributed by atoms with E-state index < -0.39 is 5.97 Å². The van der Waals surface area contributed by atoms with Crippen LogP contribution in [0.5, 0.6) is 0 Å². The van der Waals surface area contributed by atoms with E-state index in [4.69, 9.17) is 5.11 Å².